The molecule has 0 aliphatic carbocycles. The summed E-state index contributed by atoms with van der Waals surface area (Å²) in [7, 11) is 0. The maximum Gasteiger partial charge on any atom is 0.573 e. The molecular formula is C19H12ClF4N5O. The van der Waals surface area contributed by atoms with Crippen LogP contribution in [0.2, 0.25) is 5.15 Å². The molecule has 6 nitrogen and oxygen atoms in total. The summed E-state index contributed by atoms with van der Waals surface area (Å²) in [5, 5.41) is 2.84. The number of nitrogens with zero attached hydrogens (tertiary/aromatic N) is 4. The van der Waals surface area contributed by atoms with E-state index in [0.29, 0.717) is 11.6 Å². The van der Waals surface area contributed by atoms with Crippen molar-refractivity contribution in [2.75, 3.05) is 5.32 Å². The van der Waals surface area contributed by atoms with Gasteiger partial charge in [0, 0.05) is 17.8 Å². The van der Waals surface area contributed by atoms with Crippen LogP contribution in [0.5, 0.6) is 5.75 Å². The lowest BCUT2D eigenvalue weighted by molar-refractivity contribution is -0.275. The van der Waals surface area contributed by atoms with Crippen molar-refractivity contribution in [2.24, 2.45) is 0 Å². The van der Waals surface area contributed by atoms with Crippen molar-refractivity contribution in [3.05, 3.63) is 65.3 Å². The summed E-state index contributed by atoms with van der Waals surface area (Å²) in [5.41, 5.74) is 1.68. The fraction of sp³-hybridized carbons (Fsp3) is 0.105. The van der Waals surface area contributed by atoms with Gasteiger partial charge in [-0.15, -0.1) is 13.2 Å². The Labute approximate surface area is 172 Å². The Morgan fingerprint density at radius 3 is 2.53 bits per heavy atom. The highest BCUT2D eigenvalue weighted by Crippen LogP contribution is 2.29. The van der Waals surface area contributed by atoms with Crippen molar-refractivity contribution in [3.8, 4) is 11.6 Å². The molecule has 0 radical (unpaired) electrons. The molecule has 0 fully saturated rings. The molecule has 2 heterocycles. The van der Waals surface area contributed by atoms with Gasteiger partial charge in [-0.25, -0.2) is 14.4 Å². The summed E-state index contributed by atoms with van der Waals surface area (Å²) in [6.45, 7) is 1.80. The van der Waals surface area contributed by atoms with Gasteiger partial charge in [0.2, 0.25) is 5.95 Å². The van der Waals surface area contributed by atoms with Crippen LogP contribution in [-0.4, -0.2) is 25.9 Å². The quantitative estimate of drug-likeness (QED) is 0.334. The number of para-hydroxylation sites is 2. The van der Waals surface area contributed by atoms with Gasteiger partial charge in [-0.1, -0.05) is 23.7 Å². The minimum absolute atomic E-state index is 0.0265. The van der Waals surface area contributed by atoms with Gasteiger partial charge >= 0.3 is 6.36 Å². The van der Waals surface area contributed by atoms with Crippen molar-refractivity contribution >= 4 is 34.3 Å². The van der Waals surface area contributed by atoms with Crippen LogP contribution in [0.15, 0.2) is 48.5 Å². The first-order chi connectivity index (χ1) is 14.2. The monoisotopic (exact) mass is 437 g/mol. The molecule has 0 spiro atoms. The summed E-state index contributed by atoms with van der Waals surface area (Å²) in [5.74, 6) is -1.03. The molecule has 0 aliphatic rings. The molecule has 0 bridgehead atoms. The standard InChI is InChI=1S/C19H12ClF4N5O/c1-10-25-13-4-2-3-5-14(13)29(10)17-9-16(20)27-18(28-17)26-11-6-7-15(12(21)8-11)30-19(22,23)24/h2-9H,1H3,(H,26,27,28). The molecule has 0 atom stereocenters. The molecule has 30 heavy (non-hydrogen) atoms. The van der Waals surface area contributed by atoms with Crippen molar-refractivity contribution in [2.45, 2.75) is 13.3 Å². The average molecular weight is 438 g/mol. The van der Waals surface area contributed by atoms with E-state index in [2.05, 4.69) is 25.0 Å². The summed E-state index contributed by atoms with van der Waals surface area (Å²) in [6.07, 6.45) is -4.99. The van der Waals surface area contributed by atoms with E-state index < -0.39 is 17.9 Å². The Kier molecular flexibility index (Phi) is 4.94. The summed E-state index contributed by atoms with van der Waals surface area (Å²) < 4.78 is 56.2. The highest BCUT2D eigenvalue weighted by molar-refractivity contribution is 6.29. The Morgan fingerprint density at radius 2 is 1.80 bits per heavy atom. The van der Waals surface area contributed by atoms with Crippen LogP contribution < -0.4 is 10.1 Å². The van der Waals surface area contributed by atoms with Crippen LogP contribution in [0.4, 0.5) is 29.2 Å². The highest BCUT2D eigenvalue weighted by atomic mass is 35.5. The van der Waals surface area contributed by atoms with Gasteiger partial charge < -0.3 is 10.1 Å². The highest BCUT2D eigenvalue weighted by Gasteiger charge is 2.32. The average Bonchev–Trinajstić information content (AvgIpc) is 2.98. The second-order valence-corrected chi connectivity index (χ2v) is 6.56. The molecule has 4 rings (SSSR count). The minimum atomic E-state index is -4.99. The van der Waals surface area contributed by atoms with Crippen LogP contribution in [0.3, 0.4) is 0 Å². The number of rotatable bonds is 4. The first-order valence-electron chi connectivity index (χ1n) is 8.51. The Balaban J connectivity index is 1.68. The van der Waals surface area contributed by atoms with E-state index in [1.54, 1.807) is 11.5 Å². The maximum absolute atomic E-state index is 13.9. The van der Waals surface area contributed by atoms with Gasteiger partial charge in [0.05, 0.1) is 11.0 Å². The molecule has 0 saturated heterocycles. The van der Waals surface area contributed by atoms with E-state index in [1.165, 1.54) is 12.1 Å². The lowest BCUT2D eigenvalue weighted by atomic mass is 10.3. The van der Waals surface area contributed by atoms with Crippen molar-refractivity contribution in [1.29, 1.82) is 0 Å². The molecule has 0 unspecified atom stereocenters. The van der Waals surface area contributed by atoms with E-state index in [-0.39, 0.29) is 16.8 Å². The largest absolute Gasteiger partial charge is 0.573 e. The minimum Gasteiger partial charge on any atom is -0.403 e. The summed E-state index contributed by atoms with van der Waals surface area (Å²) >= 11 is 6.12. The zero-order valence-corrected chi connectivity index (χ0v) is 16.0. The lowest BCUT2D eigenvalue weighted by Crippen LogP contribution is -2.18. The predicted molar refractivity (Wildman–Crippen MR) is 103 cm³/mol. The first kappa shape index (κ1) is 19.9. The van der Waals surface area contributed by atoms with Crippen LogP contribution >= 0.6 is 11.6 Å². The molecule has 0 aliphatic heterocycles. The zero-order valence-electron chi connectivity index (χ0n) is 15.2. The normalized spacial score (nSPS) is 11.7. The Hall–Kier alpha value is -3.40. The number of imidazole rings is 1. The van der Waals surface area contributed by atoms with E-state index in [0.717, 1.165) is 23.2 Å². The number of alkyl halides is 3. The van der Waals surface area contributed by atoms with Crippen molar-refractivity contribution in [1.82, 2.24) is 19.5 Å². The third-order valence-corrected chi connectivity index (χ3v) is 4.25. The molecular weight excluding hydrogens is 426 g/mol. The topological polar surface area (TPSA) is 64.9 Å². The third-order valence-electron chi connectivity index (χ3n) is 4.05. The van der Waals surface area contributed by atoms with Crippen molar-refractivity contribution < 1.29 is 22.3 Å². The van der Waals surface area contributed by atoms with Crippen LogP contribution in [0.25, 0.3) is 16.9 Å². The molecule has 2 aromatic carbocycles. The molecule has 0 amide bonds. The Morgan fingerprint density at radius 1 is 1.03 bits per heavy atom. The third kappa shape index (κ3) is 4.13. The Bertz CT molecular complexity index is 1240. The lowest BCUT2D eigenvalue weighted by Gasteiger charge is -2.12. The second-order valence-electron chi connectivity index (χ2n) is 6.17. The molecule has 154 valence electrons. The number of ether oxygens (including phenoxy) is 1. The van der Waals surface area contributed by atoms with Crippen molar-refractivity contribution in [3.63, 3.8) is 0 Å². The molecule has 0 saturated carbocycles. The molecule has 2 aromatic heterocycles. The zero-order chi connectivity index (χ0) is 21.5. The van der Waals surface area contributed by atoms with E-state index in [4.69, 9.17) is 11.6 Å². The summed E-state index contributed by atoms with van der Waals surface area (Å²) in [6, 6.07) is 11.9. The molecule has 4 aromatic rings. The van der Waals surface area contributed by atoms with Gasteiger partial charge in [0.25, 0.3) is 0 Å². The van der Waals surface area contributed by atoms with E-state index >= 15 is 0 Å². The molecule has 1 N–H and O–H groups in total. The van der Waals surface area contributed by atoms with E-state index in [1.807, 2.05) is 24.3 Å². The van der Waals surface area contributed by atoms with Gasteiger partial charge in [0.1, 0.15) is 16.8 Å². The van der Waals surface area contributed by atoms with Gasteiger partial charge in [-0.2, -0.15) is 4.98 Å². The number of benzene rings is 2. The smallest absolute Gasteiger partial charge is 0.403 e. The number of fused-ring (bicyclic) bond motifs is 1. The number of nitrogens with one attached hydrogen (secondary N) is 1. The van der Waals surface area contributed by atoms with E-state index in [9.17, 15) is 17.6 Å². The predicted octanol–water partition coefficient (Wildman–Crippen LogP) is 5.56. The first-order valence-corrected chi connectivity index (χ1v) is 8.89. The number of aromatic nitrogens is 4. The van der Waals surface area contributed by atoms with Crippen LogP contribution in [0, 0.1) is 12.7 Å². The SMILES string of the molecule is Cc1nc2ccccc2n1-c1cc(Cl)nc(Nc2ccc(OC(F)(F)F)c(F)c2)n1. The van der Waals surface area contributed by atoms with Crippen LogP contribution in [0.1, 0.15) is 5.82 Å². The van der Waals surface area contributed by atoms with Crippen LogP contribution in [-0.2, 0) is 0 Å². The molecule has 11 heteroatoms. The number of hydrogen-bond acceptors (Lipinski definition) is 5. The van der Waals surface area contributed by atoms with Gasteiger partial charge in [-0.3, -0.25) is 4.57 Å². The fourth-order valence-electron chi connectivity index (χ4n) is 2.93. The maximum atomic E-state index is 13.9. The second kappa shape index (κ2) is 7.45. The number of hydrogen-bond donors (Lipinski definition) is 1. The van der Waals surface area contributed by atoms with Gasteiger partial charge in [0.15, 0.2) is 11.6 Å². The number of halogens is 5. The number of anilines is 2. The van der Waals surface area contributed by atoms with Gasteiger partial charge in [-0.05, 0) is 31.2 Å². The summed E-state index contributed by atoms with van der Waals surface area (Å²) in [4.78, 5) is 12.9. The number of aryl methyl sites for hydroxylation is 1. The fourth-order valence-corrected chi connectivity index (χ4v) is 3.10.